The Labute approximate surface area is 72.4 Å². The van der Waals surface area contributed by atoms with Gasteiger partial charge in [-0.1, -0.05) is 6.92 Å². The molecule has 0 bridgehead atoms. The number of aryl methyl sites for hydroxylation is 1. The predicted molar refractivity (Wildman–Crippen MR) is 50.4 cm³/mol. The molecule has 0 spiro atoms. The molecule has 0 aliphatic rings. The first-order valence-corrected chi connectivity index (χ1v) is 4.03. The molecule has 0 saturated carbocycles. The van der Waals surface area contributed by atoms with Crippen molar-refractivity contribution in [2.75, 3.05) is 5.73 Å². The van der Waals surface area contributed by atoms with Gasteiger partial charge in [-0.2, -0.15) is 0 Å². The van der Waals surface area contributed by atoms with Crippen LogP contribution in [0.5, 0.6) is 0 Å². The van der Waals surface area contributed by atoms with Crippen LogP contribution >= 0.6 is 0 Å². The Kier molecular flexibility index (Phi) is 2.48. The minimum atomic E-state index is 0.659. The van der Waals surface area contributed by atoms with Gasteiger partial charge in [-0.3, -0.25) is 4.79 Å². The van der Waals surface area contributed by atoms with E-state index in [-0.39, 0.29) is 0 Å². The first-order valence-electron chi connectivity index (χ1n) is 4.03. The van der Waals surface area contributed by atoms with Crippen LogP contribution in [0.3, 0.4) is 0 Å². The molecule has 0 radical (unpaired) electrons. The number of nitrogen functional groups attached to an aromatic ring is 1. The highest BCUT2D eigenvalue weighted by Gasteiger charge is 2.03. The van der Waals surface area contributed by atoms with Crippen molar-refractivity contribution in [1.82, 2.24) is 0 Å². The van der Waals surface area contributed by atoms with Crippen LogP contribution in [0, 0.1) is 6.92 Å². The van der Waals surface area contributed by atoms with Crippen LogP contribution in [-0.2, 0) is 6.42 Å². The van der Waals surface area contributed by atoms with E-state index in [0.29, 0.717) is 5.69 Å². The third kappa shape index (κ3) is 1.47. The Hall–Kier alpha value is -1.31. The lowest BCUT2D eigenvalue weighted by Gasteiger charge is -2.06. The van der Waals surface area contributed by atoms with E-state index in [1.807, 2.05) is 19.9 Å². The van der Waals surface area contributed by atoms with Crippen LogP contribution in [-0.4, -0.2) is 6.29 Å². The Balaban J connectivity index is 3.33. The number of nitrogens with two attached hydrogens (primary N) is 1. The van der Waals surface area contributed by atoms with E-state index >= 15 is 0 Å². The van der Waals surface area contributed by atoms with E-state index in [1.54, 1.807) is 6.07 Å². The molecule has 1 aromatic carbocycles. The maximum absolute atomic E-state index is 10.6. The standard InChI is InChI=1S/C10H13NO/c1-3-10-7(2)4-9(11)5-8(10)6-12/h4-6H,3,11H2,1-2H3. The molecular formula is C10H13NO. The molecule has 64 valence electrons. The molecule has 0 amide bonds. The summed E-state index contributed by atoms with van der Waals surface area (Å²) in [7, 11) is 0. The lowest BCUT2D eigenvalue weighted by atomic mass is 10.00. The van der Waals surface area contributed by atoms with Gasteiger partial charge in [-0.05, 0) is 36.6 Å². The number of anilines is 1. The lowest BCUT2D eigenvalue weighted by molar-refractivity contribution is 0.112. The number of aldehydes is 1. The van der Waals surface area contributed by atoms with Crippen molar-refractivity contribution in [1.29, 1.82) is 0 Å². The summed E-state index contributed by atoms with van der Waals surface area (Å²) in [6.07, 6.45) is 1.74. The Bertz CT molecular complexity index is 305. The molecular weight excluding hydrogens is 150 g/mol. The first kappa shape index (κ1) is 8.78. The minimum Gasteiger partial charge on any atom is -0.399 e. The van der Waals surface area contributed by atoms with Gasteiger partial charge in [0.1, 0.15) is 6.29 Å². The highest BCUT2D eigenvalue weighted by atomic mass is 16.1. The Morgan fingerprint density at radius 2 is 2.17 bits per heavy atom. The average molecular weight is 163 g/mol. The second-order valence-corrected chi connectivity index (χ2v) is 2.88. The molecule has 0 unspecified atom stereocenters. The molecule has 2 heteroatoms. The number of carbonyl (C=O) groups excluding carboxylic acids is 1. The van der Waals surface area contributed by atoms with Crippen LogP contribution in [0.25, 0.3) is 0 Å². The zero-order valence-corrected chi connectivity index (χ0v) is 7.42. The van der Waals surface area contributed by atoms with Crippen molar-refractivity contribution < 1.29 is 4.79 Å². The quantitative estimate of drug-likeness (QED) is 0.535. The van der Waals surface area contributed by atoms with Crippen LogP contribution in [0.4, 0.5) is 5.69 Å². The SMILES string of the molecule is CCc1c(C)cc(N)cc1C=O. The fourth-order valence-corrected chi connectivity index (χ4v) is 1.46. The van der Waals surface area contributed by atoms with Gasteiger partial charge in [0.2, 0.25) is 0 Å². The molecule has 0 heterocycles. The maximum atomic E-state index is 10.6. The predicted octanol–water partition coefficient (Wildman–Crippen LogP) is 1.95. The van der Waals surface area contributed by atoms with Gasteiger partial charge < -0.3 is 5.73 Å². The van der Waals surface area contributed by atoms with Crippen LogP contribution < -0.4 is 5.73 Å². The van der Waals surface area contributed by atoms with E-state index < -0.39 is 0 Å². The van der Waals surface area contributed by atoms with E-state index in [1.165, 1.54) is 0 Å². The third-order valence-corrected chi connectivity index (χ3v) is 2.01. The van der Waals surface area contributed by atoms with Gasteiger partial charge in [0.25, 0.3) is 0 Å². The molecule has 12 heavy (non-hydrogen) atoms. The number of hydrogen-bond acceptors (Lipinski definition) is 2. The second-order valence-electron chi connectivity index (χ2n) is 2.88. The van der Waals surface area contributed by atoms with Crippen molar-refractivity contribution in [2.45, 2.75) is 20.3 Å². The van der Waals surface area contributed by atoms with E-state index in [9.17, 15) is 4.79 Å². The molecule has 0 saturated heterocycles. The summed E-state index contributed by atoms with van der Waals surface area (Å²) in [5, 5.41) is 0. The van der Waals surface area contributed by atoms with Gasteiger partial charge in [-0.25, -0.2) is 0 Å². The summed E-state index contributed by atoms with van der Waals surface area (Å²) in [5.74, 6) is 0. The minimum absolute atomic E-state index is 0.659. The molecule has 1 aromatic rings. The second kappa shape index (κ2) is 3.39. The number of hydrogen-bond donors (Lipinski definition) is 1. The fourth-order valence-electron chi connectivity index (χ4n) is 1.46. The zero-order valence-electron chi connectivity index (χ0n) is 7.42. The fraction of sp³-hybridized carbons (Fsp3) is 0.300. The zero-order chi connectivity index (χ0) is 9.14. The van der Waals surface area contributed by atoms with Crippen molar-refractivity contribution in [3.05, 3.63) is 28.8 Å². The van der Waals surface area contributed by atoms with Crippen molar-refractivity contribution in [3.8, 4) is 0 Å². The number of rotatable bonds is 2. The number of benzene rings is 1. The van der Waals surface area contributed by atoms with Gasteiger partial charge in [0, 0.05) is 11.3 Å². The summed E-state index contributed by atoms with van der Waals surface area (Å²) in [5.41, 5.74) is 9.17. The smallest absolute Gasteiger partial charge is 0.150 e. The molecule has 2 N–H and O–H groups in total. The van der Waals surface area contributed by atoms with Gasteiger partial charge >= 0.3 is 0 Å². The first-order chi connectivity index (χ1) is 5.69. The molecule has 0 aromatic heterocycles. The van der Waals surface area contributed by atoms with Gasteiger partial charge in [0.05, 0.1) is 0 Å². The van der Waals surface area contributed by atoms with E-state index in [4.69, 9.17) is 5.73 Å². The molecule has 0 aliphatic heterocycles. The van der Waals surface area contributed by atoms with Gasteiger partial charge in [0.15, 0.2) is 0 Å². The van der Waals surface area contributed by atoms with Crippen molar-refractivity contribution in [2.24, 2.45) is 0 Å². The van der Waals surface area contributed by atoms with Crippen LogP contribution in [0.1, 0.15) is 28.4 Å². The summed E-state index contributed by atoms with van der Waals surface area (Å²) in [6, 6.07) is 3.62. The highest BCUT2D eigenvalue weighted by molar-refractivity contribution is 5.80. The van der Waals surface area contributed by atoms with Crippen LogP contribution in [0.2, 0.25) is 0 Å². The van der Waals surface area contributed by atoms with Crippen LogP contribution in [0.15, 0.2) is 12.1 Å². The lowest BCUT2D eigenvalue weighted by Crippen LogP contribution is -1.97. The Morgan fingerprint density at radius 1 is 1.50 bits per heavy atom. The third-order valence-electron chi connectivity index (χ3n) is 2.01. The van der Waals surface area contributed by atoms with E-state index in [2.05, 4.69) is 0 Å². The normalized spacial score (nSPS) is 9.83. The van der Waals surface area contributed by atoms with E-state index in [0.717, 1.165) is 29.4 Å². The average Bonchev–Trinajstić information content (AvgIpc) is 2.03. The summed E-state index contributed by atoms with van der Waals surface area (Å²) in [4.78, 5) is 10.6. The van der Waals surface area contributed by atoms with Gasteiger partial charge in [-0.15, -0.1) is 0 Å². The summed E-state index contributed by atoms with van der Waals surface area (Å²) < 4.78 is 0. The number of carbonyl (C=O) groups is 1. The van der Waals surface area contributed by atoms with Crippen molar-refractivity contribution >= 4 is 12.0 Å². The molecule has 0 atom stereocenters. The topological polar surface area (TPSA) is 43.1 Å². The molecule has 0 fully saturated rings. The summed E-state index contributed by atoms with van der Waals surface area (Å²) in [6.45, 7) is 4.01. The Morgan fingerprint density at radius 3 is 2.67 bits per heavy atom. The monoisotopic (exact) mass is 163 g/mol. The molecule has 1 rings (SSSR count). The largest absolute Gasteiger partial charge is 0.399 e. The summed E-state index contributed by atoms with van der Waals surface area (Å²) >= 11 is 0. The maximum Gasteiger partial charge on any atom is 0.150 e. The molecule has 2 nitrogen and oxygen atoms in total. The molecule has 0 aliphatic carbocycles. The highest BCUT2D eigenvalue weighted by Crippen LogP contribution is 2.17. The van der Waals surface area contributed by atoms with Crippen molar-refractivity contribution in [3.63, 3.8) is 0 Å².